The van der Waals surface area contributed by atoms with E-state index in [2.05, 4.69) is 23.7 Å². The standard InChI is InChI=1S/C14H25N3/c1-15-14(13-10-16-17(2)11-13)9-8-12-6-4-3-5-7-12/h10-12,14-15H,3-9H2,1-2H3. The predicted octanol–water partition coefficient (Wildman–Crippen LogP) is 3.04. The van der Waals surface area contributed by atoms with Gasteiger partial charge in [0, 0.05) is 24.8 Å². The van der Waals surface area contributed by atoms with Crippen LogP contribution in [0.4, 0.5) is 0 Å². The fraction of sp³-hybridized carbons (Fsp3) is 0.786. The number of aromatic nitrogens is 2. The summed E-state index contributed by atoms with van der Waals surface area (Å²) < 4.78 is 1.89. The first-order valence-corrected chi connectivity index (χ1v) is 6.95. The van der Waals surface area contributed by atoms with Crippen molar-refractivity contribution in [3.8, 4) is 0 Å². The van der Waals surface area contributed by atoms with Crippen LogP contribution in [0.15, 0.2) is 12.4 Å². The highest BCUT2D eigenvalue weighted by atomic mass is 15.2. The van der Waals surface area contributed by atoms with Crippen molar-refractivity contribution in [2.75, 3.05) is 7.05 Å². The largest absolute Gasteiger partial charge is 0.313 e. The van der Waals surface area contributed by atoms with Crippen LogP contribution >= 0.6 is 0 Å². The second-order valence-electron chi connectivity index (χ2n) is 5.37. The first-order valence-electron chi connectivity index (χ1n) is 6.95. The maximum Gasteiger partial charge on any atom is 0.0537 e. The Bertz CT molecular complexity index is 326. The van der Waals surface area contributed by atoms with E-state index in [-0.39, 0.29) is 0 Å². The minimum absolute atomic E-state index is 0.477. The van der Waals surface area contributed by atoms with E-state index >= 15 is 0 Å². The van der Waals surface area contributed by atoms with Crippen molar-refractivity contribution in [1.82, 2.24) is 15.1 Å². The van der Waals surface area contributed by atoms with Gasteiger partial charge in [0.2, 0.25) is 0 Å². The Labute approximate surface area is 105 Å². The third kappa shape index (κ3) is 3.56. The fourth-order valence-corrected chi connectivity index (χ4v) is 2.98. The summed E-state index contributed by atoms with van der Waals surface area (Å²) in [5, 5.41) is 7.67. The molecule has 1 aromatic heterocycles. The first-order chi connectivity index (χ1) is 8.29. The lowest BCUT2D eigenvalue weighted by atomic mass is 9.85. The van der Waals surface area contributed by atoms with Gasteiger partial charge < -0.3 is 5.32 Å². The zero-order chi connectivity index (χ0) is 12.1. The zero-order valence-corrected chi connectivity index (χ0v) is 11.2. The molecule has 2 rings (SSSR count). The summed E-state index contributed by atoms with van der Waals surface area (Å²) in [6.45, 7) is 0. The molecule has 3 nitrogen and oxygen atoms in total. The molecule has 1 heterocycles. The molecule has 0 aliphatic heterocycles. The minimum Gasteiger partial charge on any atom is -0.313 e. The molecule has 0 radical (unpaired) electrons. The second-order valence-corrected chi connectivity index (χ2v) is 5.37. The lowest BCUT2D eigenvalue weighted by Crippen LogP contribution is -2.18. The third-order valence-electron chi connectivity index (χ3n) is 4.06. The number of hydrogen-bond donors (Lipinski definition) is 1. The molecule has 1 atom stereocenters. The van der Waals surface area contributed by atoms with E-state index in [4.69, 9.17) is 0 Å². The average molecular weight is 235 g/mol. The van der Waals surface area contributed by atoms with Crippen LogP contribution < -0.4 is 5.32 Å². The molecular formula is C14H25N3. The van der Waals surface area contributed by atoms with Crippen LogP contribution in [0.1, 0.15) is 56.6 Å². The van der Waals surface area contributed by atoms with Gasteiger partial charge in [-0.3, -0.25) is 4.68 Å². The van der Waals surface area contributed by atoms with Crippen LogP contribution in [0.25, 0.3) is 0 Å². The average Bonchev–Trinajstić information content (AvgIpc) is 2.78. The second kappa shape index (κ2) is 6.20. The Kier molecular flexibility index (Phi) is 4.60. The number of hydrogen-bond acceptors (Lipinski definition) is 2. The van der Waals surface area contributed by atoms with E-state index in [1.165, 1.54) is 50.5 Å². The summed E-state index contributed by atoms with van der Waals surface area (Å²) >= 11 is 0. The Morgan fingerprint density at radius 3 is 2.76 bits per heavy atom. The number of nitrogens with one attached hydrogen (secondary N) is 1. The molecule has 0 bridgehead atoms. The molecule has 1 aliphatic rings. The summed E-state index contributed by atoms with van der Waals surface area (Å²) in [5.74, 6) is 0.969. The van der Waals surface area contributed by atoms with Crippen LogP contribution in [0, 0.1) is 5.92 Å². The van der Waals surface area contributed by atoms with Gasteiger partial charge in [-0.05, 0) is 25.8 Å². The summed E-state index contributed by atoms with van der Waals surface area (Å²) in [4.78, 5) is 0. The summed E-state index contributed by atoms with van der Waals surface area (Å²) in [5.41, 5.74) is 1.32. The van der Waals surface area contributed by atoms with Crippen molar-refractivity contribution in [2.24, 2.45) is 13.0 Å². The summed E-state index contributed by atoms with van der Waals surface area (Å²) in [6.07, 6.45) is 14.0. The van der Waals surface area contributed by atoms with Crippen molar-refractivity contribution in [3.05, 3.63) is 18.0 Å². The van der Waals surface area contributed by atoms with Gasteiger partial charge in [-0.25, -0.2) is 0 Å². The molecule has 1 fully saturated rings. The highest BCUT2D eigenvalue weighted by Gasteiger charge is 2.17. The van der Waals surface area contributed by atoms with Crippen LogP contribution in [-0.2, 0) is 7.05 Å². The maximum absolute atomic E-state index is 4.26. The lowest BCUT2D eigenvalue weighted by Gasteiger charge is -2.23. The quantitative estimate of drug-likeness (QED) is 0.850. The SMILES string of the molecule is CNC(CCC1CCCCC1)c1cnn(C)c1. The topological polar surface area (TPSA) is 29.9 Å². The molecule has 1 aromatic rings. The van der Waals surface area contributed by atoms with Crippen molar-refractivity contribution in [1.29, 1.82) is 0 Å². The van der Waals surface area contributed by atoms with Crippen molar-refractivity contribution in [2.45, 2.75) is 51.0 Å². The molecule has 17 heavy (non-hydrogen) atoms. The minimum atomic E-state index is 0.477. The van der Waals surface area contributed by atoms with E-state index in [1.54, 1.807) is 0 Å². The molecular weight excluding hydrogens is 210 g/mol. The first kappa shape index (κ1) is 12.6. The lowest BCUT2D eigenvalue weighted by molar-refractivity contribution is 0.317. The molecule has 0 amide bonds. The van der Waals surface area contributed by atoms with Gasteiger partial charge in [-0.1, -0.05) is 32.1 Å². The highest BCUT2D eigenvalue weighted by Crippen LogP contribution is 2.30. The van der Waals surface area contributed by atoms with Gasteiger partial charge >= 0.3 is 0 Å². The third-order valence-corrected chi connectivity index (χ3v) is 4.06. The van der Waals surface area contributed by atoms with Gasteiger partial charge in [0.15, 0.2) is 0 Å². The molecule has 96 valence electrons. The van der Waals surface area contributed by atoms with E-state index in [0.29, 0.717) is 6.04 Å². The van der Waals surface area contributed by atoms with Gasteiger partial charge in [-0.15, -0.1) is 0 Å². The van der Waals surface area contributed by atoms with Crippen LogP contribution in [-0.4, -0.2) is 16.8 Å². The number of rotatable bonds is 5. The number of nitrogens with zero attached hydrogens (tertiary/aromatic N) is 2. The molecule has 0 aromatic carbocycles. The molecule has 1 N–H and O–H groups in total. The normalized spacial score (nSPS) is 19.4. The van der Waals surface area contributed by atoms with Crippen molar-refractivity contribution < 1.29 is 0 Å². The van der Waals surface area contributed by atoms with E-state index in [1.807, 2.05) is 17.9 Å². The van der Waals surface area contributed by atoms with Crippen molar-refractivity contribution >= 4 is 0 Å². The smallest absolute Gasteiger partial charge is 0.0537 e. The van der Waals surface area contributed by atoms with Crippen LogP contribution in [0.3, 0.4) is 0 Å². The fourth-order valence-electron chi connectivity index (χ4n) is 2.98. The summed E-state index contributed by atoms with van der Waals surface area (Å²) in [7, 11) is 4.04. The Morgan fingerprint density at radius 1 is 1.41 bits per heavy atom. The zero-order valence-electron chi connectivity index (χ0n) is 11.2. The van der Waals surface area contributed by atoms with Gasteiger partial charge in [0.05, 0.1) is 6.20 Å². The van der Waals surface area contributed by atoms with Crippen LogP contribution in [0.2, 0.25) is 0 Å². The molecule has 0 saturated heterocycles. The van der Waals surface area contributed by atoms with E-state index in [9.17, 15) is 0 Å². The van der Waals surface area contributed by atoms with Gasteiger partial charge in [0.1, 0.15) is 0 Å². The Balaban J connectivity index is 1.82. The molecule has 1 unspecified atom stereocenters. The van der Waals surface area contributed by atoms with E-state index < -0.39 is 0 Å². The van der Waals surface area contributed by atoms with Gasteiger partial charge in [0.25, 0.3) is 0 Å². The Hall–Kier alpha value is -0.830. The molecule has 1 aliphatic carbocycles. The highest BCUT2D eigenvalue weighted by molar-refractivity contribution is 5.09. The number of aryl methyl sites for hydroxylation is 1. The van der Waals surface area contributed by atoms with Crippen molar-refractivity contribution in [3.63, 3.8) is 0 Å². The summed E-state index contributed by atoms with van der Waals surface area (Å²) in [6, 6.07) is 0.477. The Morgan fingerprint density at radius 2 is 2.18 bits per heavy atom. The van der Waals surface area contributed by atoms with Gasteiger partial charge in [-0.2, -0.15) is 5.10 Å². The monoisotopic (exact) mass is 235 g/mol. The van der Waals surface area contributed by atoms with Crippen LogP contribution in [0.5, 0.6) is 0 Å². The molecule has 1 saturated carbocycles. The maximum atomic E-state index is 4.26. The molecule has 0 spiro atoms. The van der Waals surface area contributed by atoms with E-state index in [0.717, 1.165) is 5.92 Å². The molecule has 3 heteroatoms. The predicted molar refractivity (Wildman–Crippen MR) is 70.8 cm³/mol.